The lowest BCUT2D eigenvalue weighted by Gasteiger charge is -2.06. The van der Waals surface area contributed by atoms with Crippen LogP contribution in [0, 0.1) is 0 Å². The Hall–Kier alpha value is -1.58. The number of carbonyl (C=O) groups is 1. The Kier molecular flexibility index (Phi) is 4.40. The maximum Gasteiger partial charge on any atom is 0.268 e. The van der Waals surface area contributed by atoms with Crippen LogP contribution in [0.5, 0.6) is 0 Å². The van der Waals surface area contributed by atoms with Crippen LogP contribution in [0.4, 0.5) is 0 Å². The number of hydrogen-bond acceptors (Lipinski definition) is 5. The first-order chi connectivity index (χ1) is 9.13. The van der Waals surface area contributed by atoms with Gasteiger partial charge in [0.15, 0.2) is 11.1 Å². The lowest BCUT2D eigenvalue weighted by atomic mass is 10.3. The molecule has 2 aromatic rings. The first kappa shape index (κ1) is 13.8. The fourth-order valence-corrected chi connectivity index (χ4v) is 4.24. The van der Waals surface area contributed by atoms with Crippen LogP contribution in [0.1, 0.15) is 25.6 Å². The van der Waals surface area contributed by atoms with Crippen LogP contribution in [0.25, 0.3) is 10.4 Å². The van der Waals surface area contributed by atoms with Gasteiger partial charge in [0.25, 0.3) is 5.91 Å². The van der Waals surface area contributed by atoms with Crippen LogP contribution in [0.2, 0.25) is 0 Å². The summed E-state index contributed by atoms with van der Waals surface area (Å²) >= 11 is 0.262. The van der Waals surface area contributed by atoms with Crippen molar-refractivity contribution in [3.05, 3.63) is 48.9 Å². The summed E-state index contributed by atoms with van der Waals surface area (Å²) in [6.07, 6.45) is 0. The van der Waals surface area contributed by atoms with E-state index in [1.807, 2.05) is 0 Å². The Labute approximate surface area is 117 Å². The number of hydrogen-bond donors (Lipinski definition) is 1. The van der Waals surface area contributed by atoms with Crippen LogP contribution in [-0.2, 0) is 11.1 Å². The molecule has 0 fully saturated rings. The molecule has 0 spiro atoms. The second-order valence-electron chi connectivity index (χ2n) is 3.24. The highest BCUT2D eigenvalue weighted by Crippen LogP contribution is 2.32. The average Bonchev–Trinajstić information content (AvgIpc) is 3.00. The maximum absolute atomic E-state index is 11.4. The molecule has 10 heteroatoms. The second-order valence-corrected chi connectivity index (χ2v) is 6.13. The lowest BCUT2D eigenvalue weighted by molar-refractivity contribution is 0.0996. The van der Waals surface area contributed by atoms with Gasteiger partial charge in [0.1, 0.15) is 16.0 Å². The fourth-order valence-electron chi connectivity index (χ4n) is 1.35. The first-order valence-corrected chi connectivity index (χ1v) is 7.74. The van der Waals surface area contributed by atoms with E-state index in [0.717, 1.165) is 11.3 Å². The van der Waals surface area contributed by atoms with E-state index in [1.165, 1.54) is 16.7 Å². The number of aromatic nitrogens is 1. The number of thiazole rings is 1. The van der Waals surface area contributed by atoms with Gasteiger partial charge in [-0.1, -0.05) is 6.07 Å². The van der Waals surface area contributed by atoms with E-state index in [1.54, 1.807) is 17.5 Å². The molecule has 0 aromatic carbocycles. The largest absolute Gasteiger partial charge is 0.305 e. The van der Waals surface area contributed by atoms with Gasteiger partial charge in [0.2, 0.25) is 0 Å². The van der Waals surface area contributed by atoms with Gasteiger partial charge >= 0.3 is 0 Å². The van der Waals surface area contributed by atoms with Gasteiger partial charge in [-0.25, -0.2) is 9.19 Å². The molecule has 2 rings (SSSR count). The minimum atomic E-state index is -2.14. The third-order valence-electron chi connectivity index (χ3n) is 2.10. The van der Waals surface area contributed by atoms with E-state index in [4.69, 9.17) is 5.53 Å². The summed E-state index contributed by atoms with van der Waals surface area (Å²) in [4.78, 5) is 18.4. The van der Waals surface area contributed by atoms with Gasteiger partial charge in [0, 0.05) is 15.2 Å². The molecule has 98 valence electrons. The van der Waals surface area contributed by atoms with E-state index in [0.29, 0.717) is 9.88 Å². The molecular weight excluding hydrogens is 308 g/mol. The molecule has 0 saturated heterocycles. The average molecular weight is 314 g/mol. The van der Waals surface area contributed by atoms with Gasteiger partial charge in [-0.05, 0) is 22.1 Å². The van der Waals surface area contributed by atoms with Gasteiger partial charge in [-0.15, -0.1) is 22.7 Å². The van der Waals surface area contributed by atoms with Crippen molar-refractivity contribution in [1.29, 1.82) is 0 Å². The van der Waals surface area contributed by atoms with Crippen molar-refractivity contribution in [2.45, 2.75) is 5.25 Å². The van der Waals surface area contributed by atoms with Crippen molar-refractivity contribution in [1.82, 2.24) is 4.98 Å². The van der Waals surface area contributed by atoms with E-state index >= 15 is 0 Å². The number of thiophene rings is 1. The van der Waals surface area contributed by atoms with Crippen molar-refractivity contribution < 1.29 is 13.6 Å². The summed E-state index contributed by atoms with van der Waals surface area (Å²) < 4.78 is 20.8. The highest BCUT2D eigenvalue weighted by molar-refractivity contribution is 7.80. The van der Waals surface area contributed by atoms with Gasteiger partial charge < -0.3 is 4.55 Å². The molecule has 2 heterocycles. The van der Waals surface area contributed by atoms with Gasteiger partial charge in [-0.2, -0.15) is 0 Å². The first-order valence-electron chi connectivity index (χ1n) is 4.81. The van der Waals surface area contributed by atoms with E-state index in [-0.39, 0.29) is 5.69 Å². The molecule has 1 N–H and O–H groups in total. The molecule has 19 heavy (non-hydrogen) atoms. The van der Waals surface area contributed by atoms with Crippen molar-refractivity contribution in [2.24, 2.45) is 5.11 Å². The zero-order chi connectivity index (χ0) is 13.8. The van der Waals surface area contributed by atoms with Gasteiger partial charge in [-0.3, -0.25) is 4.79 Å². The van der Waals surface area contributed by atoms with Crippen molar-refractivity contribution in [2.75, 3.05) is 0 Å². The Morgan fingerprint density at radius 1 is 1.58 bits per heavy atom. The summed E-state index contributed by atoms with van der Waals surface area (Å²) in [6, 6.07) is 3.49. The van der Waals surface area contributed by atoms with Crippen LogP contribution >= 0.6 is 22.7 Å². The molecule has 0 radical (unpaired) electrons. The third kappa shape index (κ3) is 3.06. The van der Waals surface area contributed by atoms with E-state index in [9.17, 15) is 13.6 Å². The SMILES string of the molecule is [N-]=[N+]=NC(=O)c1csc(C(c2cccs2)S(=O)O)n1. The molecule has 0 aliphatic heterocycles. The summed E-state index contributed by atoms with van der Waals surface area (Å²) in [6.45, 7) is 0. The van der Waals surface area contributed by atoms with Crippen molar-refractivity contribution >= 4 is 39.7 Å². The lowest BCUT2D eigenvalue weighted by Crippen LogP contribution is -2.06. The number of nitrogens with zero attached hydrogens (tertiary/aromatic N) is 4. The molecule has 7 nitrogen and oxygen atoms in total. The Morgan fingerprint density at radius 3 is 2.95 bits per heavy atom. The van der Waals surface area contributed by atoms with E-state index < -0.39 is 22.2 Å². The molecule has 2 aromatic heterocycles. The van der Waals surface area contributed by atoms with E-state index in [2.05, 4.69) is 15.0 Å². The summed E-state index contributed by atoms with van der Waals surface area (Å²) in [7, 11) is 0. The minimum Gasteiger partial charge on any atom is -0.305 e. The molecule has 0 saturated carbocycles. The highest BCUT2D eigenvalue weighted by Gasteiger charge is 2.25. The monoisotopic (exact) mass is 314 g/mol. The van der Waals surface area contributed by atoms with Gasteiger partial charge in [0.05, 0.1) is 0 Å². The number of rotatable bonds is 4. The number of amides is 1. The second kappa shape index (κ2) is 6.04. The Balaban J connectivity index is 2.37. The Morgan fingerprint density at radius 2 is 2.37 bits per heavy atom. The molecule has 0 aliphatic rings. The Bertz CT molecular complexity index is 660. The maximum atomic E-state index is 11.4. The predicted octanol–water partition coefficient (Wildman–Crippen LogP) is 2.97. The highest BCUT2D eigenvalue weighted by atomic mass is 32.2. The van der Waals surface area contributed by atoms with Crippen LogP contribution in [0.15, 0.2) is 28.0 Å². The minimum absolute atomic E-state index is 0.0233. The van der Waals surface area contributed by atoms with Crippen LogP contribution in [-0.4, -0.2) is 19.7 Å². The van der Waals surface area contributed by atoms with Crippen LogP contribution < -0.4 is 0 Å². The van der Waals surface area contributed by atoms with Crippen molar-refractivity contribution in [3.63, 3.8) is 0 Å². The zero-order valence-electron chi connectivity index (χ0n) is 9.16. The summed E-state index contributed by atoms with van der Waals surface area (Å²) in [5.74, 6) is -0.807. The molecular formula is C9H6N4O3S3. The topological polar surface area (TPSA) is 116 Å². The third-order valence-corrected chi connectivity index (χ3v) is 5.13. The van der Waals surface area contributed by atoms with Crippen molar-refractivity contribution in [3.8, 4) is 0 Å². The molecule has 1 amide bonds. The number of carbonyl (C=O) groups excluding carboxylic acids is 1. The molecule has 0 bridgehead atoms. The molecule has 2 unspecified atom stereocenters. The summed E-state index contributed by atoms with van der Waals surface area (Å²) in [5, 5.41) is 5.65. The van der Waals surface area contributed by atoms with Crippen LogP contribution in [0.3, 0.4) is 0 Å². The fraction of sp³-hybridized carbons (Fsp3) is 0.111. The quantitative estimate of drug-likeness (QED) is 0.404. The smallest absolute Gasteiger partial charge is 0.268 e. The summed E-state index contributed by atoms with van der Waals surface area (Å²) in [5.41, 5.74) is 8.16. The zero-order valence-corrected chi connectivity index (χ0v) is 11.6. The molecule has 2 atom stereocenters. The molecule has 0 aliphatic carbocycles. The predicted molar refractivity (Wildman–Crippen MR) is 72.5 cm³/mol. The normalized spacial score (nSPS) is 13.5. The standard InChI is InChI=1S/C9H6N4O3S3/c10-13-12-8(14)5-4-18-9(11-5)7(19(15)16)6-2-1-3-17-6/h1-4,7H,(H,15,16). The number of azide groups is 1.